The Labute approximate surface area is 122 Å². The van der Waals surface area contributed by atoms with Crippen LogP contribution in [-0.4, -0.2) is 32.8 Å². The van der Waals surface area contributed by atoms with Gasteiger partial charge in [-0.3, -0.25) is 0 Å². The number of hydrogen-bond donors (Lipinski definition) is 3. The van der Waals surface area contributed by atoms with Gasteiger partial charge in [0.25, 0.3) is 0 Å². The van der Waals surface area contributed by atoms with Crippen LogP contribution in [0.4, 0.5) is 11.6 Å². The molecule has 1 rings (SSSR count). The van der Waals surface area contributed by atoms with E-state index in [1.165, 1.54) is 0 Å². The lowest BCUT2D eigenvalue weighted by atomic mass is 9.86. The number of nitrogens with one attached hydrogen (secondary N) is 2. The number of aromatic nitrogens is 2. The second kappa shape index (κ2) is 5.95. The van der Waals surface area contributed by atoms with Gasteiger partial charge in [0.2, 0.25) is 0 Å². The van der Waals surface area contributed by atoms with Gasteiger partial charge in [-0.25, -0.2) is 9.97 Å². The Morgan fingerprint density at radius 2 is 1.60 bits per heavy atom. The highest BCUT2D eigenvalue weighted by atomic mass is 16.3. The lowest BCUT2D eigenvalue weighted by molar-refractivity contribution is 0.0238. The molecule has 0 fully saturated rings. The molecule has 0 aliphatic carbocycles. The molecule has 0 spiro atoms. The van der Waals surface area contributed by atoms with Crippen LogP contribution >= 0.6 is 0 Å². The van der Waals surface area contributed by atoms with Crippen LogP contribution in [0.15, 0.2) is 0 Å². The van der Waals surface area contributed by atoms with Crippen molar-refractivity contribution in [3.8, 4) is 0 Å². The van der Waals surface area contributed by atoms with E-state index in [4.69, 9.17) is 0 Å². The summed E-state index contributed by atoms with van der Waals surface area (Å²) in [5, 5.41) is 16.9. The zero-order valence-electron chi connectivity index (χ0n) is 13.8. The topological polar surface area (TPSA) is 70.1 Å². The third kappa shape index (κ3) is 3.60. The SMILES string of the molecule is CCNc1nc(CC)nc(NC(C)(C)C(C)(C)O)c1C. The van der Waals surface area contributed by atoms with E-state index in [1.807, 2.05) is 34.6 Å². The van der Waals surface area contributed by atoms with Crippen molar-refractivity contribution in [2.75, 3.05) is 17.2 Å². The first-order chi connectivity index (χ1) is 9.12. The molecule has 114 valence electrons. The number of hydrogen-bond acceptors (Lipinski definition) is 5. The molecule has 5 nitrogen and oxygen atoms in total. The van der Waals surface area contributed by atoms with Crippen LogP contribution < -0.4 is 10.6 Å². The molecule has 1 aromatic rings. The summed E-state index contributed by atoms with van der Waals surface area (Å²) in [6.45, 7) is 14.4. The van der Waals surface area contributed by atoms with Crippen molar-refractivity contribution in [2.45, 2.75) is 66.0 Å². The van der Waals surface area contributed by atoms with Gasteiger partial charge in [0.15, 0.2) is 0 Å². The molecule has 0 radical (unpaired) electrons. The molecule has 0 bridgehead atoms. The third-order valence-corrected chi connectivity index (χ3v) is 3.81. The fourth-order valence-corrected chi connectivity index (χ4v) is 1.63. The van der Waals surface area contributed by atoms with E-state index >= 15 is 0 Å². The van der Waals surface area contributed by atoms with Crippen LogP contribution in [-0.2, 0) is 6.42 Å². The van der Waals surface area contributed by atoms with Crippen LogP contribution in [0.5, 0.6) is 0 Å². The van der Waals surface area contributed by atoms with Gasteiger partial charge >= 0.3 is 0 Å². The minimum absolute atomic E-state index is 0.499. The van der Waals surface area contributed by atoms with E-state index in [0.717, 1.165) is 36.0 Å². The van der Waals surface area contributed by atoms with Gasteiger partial charge in [0, 0.05) is 18.5 Å². The Morgan fingerprint density at radius 3 is 2.05 bits per heavy atom. The summed E-state index contributed by atoms with van der Waals surface area (Å²) in [5.74, 6) is 2.42. The maximum Gasteiger partial charge on any atom is 0.135 e. The van der Waals surface area contributed by atoms with E-state index in [-0.39, 0.29) is 0 Å². The average molecular weight is 280 g/mol. The fraction of sp³-hybridized carbons (Fsp3) is 0.733. The zero-order valence-corrected chi connectivity index (χ0v) is 13.8. The number of anilines is 2. The van der Waals surface area contributed by atoms with E-state index in [1.54, 1.807) is 13.8 Å². The van der Waals surface area contributed by atoms with Gasteiger partial charge in [-0.1, -0.05) is 6.92 Å². The number of nitrogens with zero attached hydrogens (tertiary/aromatic N) is 2. The Hall–Kier alpha value is -1.36. The Kier molecular flexibility index (Phi) is 4.97. The van der Waals surface area contributed by atoms with Gasteiger partial charge in [0.1, 0.15) is 17.5 Å². The van der Waals surface area contributed by atoms with E-state index in [9.17, 15) is 5.11 Å². The molecule has 0 saturated carbocycles. The maximum absolute atomic E-state index is 10.3. The highest BCUT2D eigenvalue weighted by Crippen LogP contribution is 2.28. The molecule has 0 aliphatic heterocycles. The molecule has 0 unspecified atom stereocenters. The van der Waals surface area contributed by atoms with Crippen molar-refractivity contribution in [3.05, 3.63) is 11.4 Å². The summed E-state index contributed by atoms with van der Waals surface area (Å²) in [6.07, 6.45) is 0.774. The van der Waals surface area contributed by atoms with Crippen molar-refractivity contribution in [3.63, 3.8) is 0 Å². The lowest BCUT2D eigenvalue weighted by Gasteiger charge is -2.39. The van der Waals surface area contributed by atoms with Crippen LogP contribution in [0, 0.1) is 6.92 Å². The van der Waals surface area contributed by atoms with Gasteiger partial charge in [-0.05, 0) is 41.5 Å². The minimum Gasteiger partial charge on any atom is -0.388 e. The van der Waals surface area contributed by atoms with Crippen LogP contribution in [0.3, 0.4) is 0 Å². The first kappa shape index (κ1) is 16.7. The summed E-state index contributed by atoms with van der Waals surface area (Å²) in [5.41, 5.74) is -0.392. The molecule has 3 N–H and O–H groups in total. The smallest absolute Gasteiger partial charge is 0.135 e. The van der Waals surface area contributed by atoms with Gasteiger partial charge in [0.05, 0.1) is 11.1 Å². The molecule has 0 aliphatic rings. The second-order valence-corrected chi connectivity index (χ2v) is 6.15. The Bertz CT molecular complexity index is 464. The summed E-state index contributed by atoms with van der Waals surface area (Å²) < 4.78 is 0. The molecule has 0 amide bonds. The van der Waals surface area contributed by atoms with Gasteiger partial charge < -0.3 is 15.7 Å². The second-order valence-electron chi connectivity index (χ2n) is 6.15. The quantitative estimate of drug-likeness (QED) is 0.747. The van der Waals surface area contributed by atoms with Crippen LogP contribution in [0.2, 0.25) is 0 Å². The Balaban J connectivity index is 3.20. The molecule has 0 saturated heterocycles. The monoisotopic (exact) mass is 280 g/mol. The molecular formula is C15H28N4O. The normalized spacial score (nSPS) is 12.4. The molecule has 5 heteroatoms. The van der Waals surface area contributed by atoms with Crippen molar-refractivity contribution in [2.24, 2.45) is 0 Å². The largest absolute Gasteiger partial charge is 0.388 e. The van der Waals surface area contributed by atoms with Crippen molar-refractivity contribution < 1.29 is 5.11 Å². The van der Waals surface area contributed by atoms with Crippen molar-refractivity contribution in [1.82, 2.24) is 9.97 Å². The average Bonchev–Trinajstić information content (AvgIpc) is 2.32. The highest BCUT2D eigenvalue weighted by molar-refractivity contribution is 5.58. The molecule has 20 heavy (non-hydrogen) atoms. The number of rotatable bonds is 6. The molecule has 0 atom stereocenters. The maximum atomic E-state index is 10.3. The van der Waals surface area contributed by atoms with E-state index in [0.29, 0.717) is 0 Å². The van der Waals surface area contributed by atoms with E-state index in [2.05, 4.69) is 20.6 Å². The van der Waals surface area contributed by atoms with Gasteiger partial charge in [-0.15, -0.1) is 0 Å². The fourth-order valence-electron chi connectivity index (χ4n) is 1.63. The zero-order chi connectivity index (χ0) is 15.6. The first-order valence-electron chi connectivity index (χ1n) is 7.24. The van der Waals surface area contributed by atoms with Crippen molar-refractivity contribution >= 4 is 11.6 Å². The molecular weight excluding hydrogens is 252 g/mol. The minimum atomic E-state index is -0.866. The third-order valence-electron chi connectivity index (χ3n) is 3.81. The predicted molar refractivity (Wildman–Crippen MR) is 84.3 cm³/mol. The standard InChI is InChI=1S/C15H28N4O/c1-8-11-17-12(16-9-2)10(3)13(18-11)19-14(4,5)15(6,7)20/h20H,8-9H2,1-7H3,(H2,16,17,18,19). The Morgan fingerprint density at radius 1 is 1.05 bits per heavy atom. The van der Waals surface area contributed by atoms with Gasteiger partial charge in [-0.2, -0.15) is 0 Å². The summed E-state index contributed by atoms with van der Waals surface area (Å²) in [7, 11) is 0. The van der Waals surface area contributed by atoms with Crippen molar-refractivity contribution in [1.29, 1.82) is 0 Å². The number of aryl methyl sites for hydroxylation is 1. The van der Waals surface area contributed by atoms with Crippen LogP contribution in [0.25, 0.3) is 0 Å². The first-order valence-corrected chi connectivity index (χ1v) is 7.24. The highest BCUT2D eigenvalue weighted by Gasteiger charge is 2.35. The molecule has 0 aromatic carbocycles. The summed E-state index contributed by atoms with van der Waals surface area (Å²) in [4.78, 5) is 9.07. The predicted octanol–water partition coefficient (Wildman–Crippen LogP) is 2.74. The summed E-state index contributed by atoms with van der Waals surface area (Å²) in [6, 6.07) is 0. The summed E-state index contributed by atoms with van der Waals surface area (Å²) >= 11 is 0. The number of aliphatic hydroxyl groups is 1. The molecule has 1 aromatic heterocycles. The van der Waals surface area contributed by atoms with E-state index < -0.39 is 11.1 Å². The molecule has 1 heterocycles. The lowest BCUT2D eigenvalue weighted by Crippen LogP contribution is -2.51. The van der Waals surface area contributed by atoms with Crippen LogP contribution in [0.1, 0.15) is 52.9 Å².